The van der Waals surface area contributed by atoms with Gasteiger partial charge in [-0.25, -0.2) is 18.2 Å². The summed E-state index contributed by atoms with van der Waals surface area (Å²) in [5, 5.41) is 9.80. The van der Waals surface area contributed by atoms with Crippen LogP contribution >= 0.6 is 0 Å². The first-order chi connectivity index (χ1) is 23.4. The monoisotopic (exact) mass is 768 g/mol. The molecule has 1 fully saturated rings. The first-order valence-electron chi connectivity index (χ1n) is 17.3. The lowest BCUT2D eigenvalue weighted by Crippen LogP contribution is -2.66. The highest BCUT2D eigenvalue weighted by Gasteiger charge is 2.61. The number of hydrogen-bond donors (Lipinski definition) is 2. The van der Waals surface area contributed by atoms with Crippen LogP contribution in [0, 0.1) is 5.41 Å². The molecule has 15 heteroatoms. The molecule has 1 aliphatic heterocycles. The Morgan fingerprint density at radius 1 is 1.12 bits per heavy atom. The van der Waals surface area contributed by atoms with E-state index >= 15 is 0 Å². The summed E-state index contributed by atoms with van der Waals surface area (Å²) in [4.78, 5) is 19.1. The van der Waals surface area contributed by atoms with Crippen LogP contribution in [0.25, 0.3) is 0 Å². The number of rotatable bonds is 17. The van der Waals surface area contributed by atoms with Crippen LogP contribution < -0.4 is 4.74 Å². The highest BCUT2D eigenvalue weighted by molar-refractivity contribution is 7.91. The number of aromatic nitrogens is 2. The van der Waals surface area contributed by atoms with E-state index < -0.39 is 73.8 Å². The van der Waals surface area contributed by atoms with E-state index in [0.717, 1.165) is 17.4 Å². The Morgan fingerprint density at radius 2 is 1.75 bits per heavy atom. The summed E-state index contributed by atoms with van der Waals surface area (Å²) < 4.78 is 66.2. The molecule has 0 amide bonds. The molecule has 5 atom stereocenters. The Kier molecular flexibility index (Phi) is 13.8. The molecule has 2 heterocycles. The summed E-state index contributed by atoms with van der Waals surface area (Å²) in [6, 6.07) is 7.67. The topological polar surface area (TPSA) is 156 Å². The fourth-order valence-electron chi connectivity index (χ4n) is 6.11. The molecule has 0 bridgehead atoms. The third-order valence-electron chi connectivity index (χ3n) is 9.78. The van der Waals surface area contributed by atoms with E-state index in [9.17, 15) is 18.3 Å². The van der Waals surface area contributed by atoms with Crippen LogP contribution in [0.3, 0.4) is 0 Å². The predicted octanol–water partition coefficient (Wildman–Crippen LogP) is 6.97. The molecule has 0 spiro atoms. The zero-order chi connectivity index (χ0) is 38.6. The highest BCUT2D eigenvalue weighted by Crippen LogP contribution is 2.50. The van der Waals surface area contributed by atoms with Gasteiger partial charge < -0.3 is 37.9 Å². The van der Waals surface area contributed by atoms with Crippen molar-refractivity contribution in [2.45, 2.75) is 134 Å². The van der Waals surface area contributed by atoms with E-state index in [1.54, 1.807) is 21.0 Å². The molecule has 3 rings (SSSR count). The summed E-state index contributed by atoms with van der Waals surface area (Å²) in [7, 11) is -5.68. The van der Waals surface area contributed by atoms with Crippen molar-refractivity contribution in [2.75, 3.05) is 20.0 Å². The predicted molar refractivity (Wildman–Crippen MR) is 202 cm³/mol. The maximum Gasteiger partial charge on any atom is 0.328 e. The summed E-state index contributed by atoms with van der Waals surface area (Å²) >= 11 is 0. The van der Waals surface area contributed by atoms with Crippen LogP contribution in [0.2, 0.25) is 37.8 Å². The van der Waals surface area contributed by atoms with Crippen molar-refractivity contribution in [2.24, 2.45) is 5.41 Å². The number of H-pyrrole nitrogens is 1. The molecule has 2 aromatic rings. The lowest BCUT2D eigenvalue weighted by atomic mass is 9.75. The number of sulfone groups is 1. The first-order valence-corrected chi connectivity index (χ1v) is 25.3. The summed E-state index contributed by atoms with van der Waals surface area (Å²) in [5.74, 6) is -2.54. The van der Waals surface area contributed by atoms with E-state index in [2.05, 4.69) is 43.8 Å². The second kappa shape index (κ2) is 16.3. The molecule has 0 saturated carbocycles. The minimum atomic E-state index is -3.97. The van der Waals surface area contributed by atoms with Gasteiger partial charge in [0, 0.05) is 37.4 Å². The SMILES string of the molecule is COc1ccc(CO[C@H](C)[C@@H](C[C@@H]2C/C(=C\C(=O)O)[C@H](O[Si](C)(C)C)[C@](OC)(C(C)(C)CS(=O)(=O)c3ncc[nH]3)O2)O[Si](C)(C)C(C)(C)C)cc1. The number of carbonyl (C=O) groups is 1. The number of carboxylic acid groups (broad SMARTS) is 1. The number of nitrogens with one attached hydrogen (secondary N) is 1. The average molecular weight is 769 g/mol. The molecule has 0 radical (unpaired) electrons. The lowest BCUT2D eigenvalue weighted by molar-refractivity contribution is -0.339. The molecule has 288 valence electrons. The van der Waals surface area contributed by atoms with Gasteiger partial charge in [0.05, 0.1) is 37.8 Å². The molecule has 1 saturated heterocycles. The largest absolute Gasteiger partial charge is 0.497 e. The quantitative estimate of drug-likeness (QED) is 0.127. The number of ether oxygens (including phenoxy) is 4. The molecule has 0 aliphatic carbocycles. The van der Waals surface area contributed by atoms with Crippen LogP contribution in [0.1, 0.15) is 59.9 Å². The maximum absolute atomic E-state index is 13.7. The fourth-order valence-corrected chi connectivity index (χ4v) is 10.3. The van der Waals surface area contributed by atoms with Crippen LogP contribution in [-0.2, 0) is 44.3 Å². The van der Waals surface area contributed by atoms with Gasteiger partial charge in [0.1, 0.15) is 11.9 Å². The molecule has 51 heavy (non-hydrogen) atoms. The number of hydrogen-bond acceptors (Lipinski definition) is 10. The van der Waals surface area contributed by atoms with Crippen LogP contribution in [0.4, 0.5) is 0 Å². The molecule has 1 aromatic heterocycles. The number of aromatic amines is 1. The van der Waals surface area contributed by atoms with Gasteiger partial charge in [0.15, 0.2) is 16.6 Å². The fraction of sp³-hybridized carbons (Fsp3) is 0.667. The second-order valence-corrected chi connectivity index (χ2v) is 27.7. The van der Waals surface area contributed by atoms with E-state index in [1.165, 1.54) is 19.5 Å². The molecule has 1 aromatic carbocycles. The Labute approximate surface area is 306 Å². The van der Waals surface area contributed by atoms with E-state index in [1.807, 2.05) is 50.8 Å². The second-order valence-electron chi connectivity index (χ2n) is 16.5. The van der Waals surface area contributed by atoms with Gasteiger partial charge in [-0.15, -0.1) is 0 Å². The number of carboxylic acids is 1. The Hall–Kier alpha value is -2.38. The van der Waals surface area contributed by atoms with Gasteiger partial charge in [-0.1, -0.05) is 46.8 Å². The zero-order valence-electron chi connectivity index (χ0n) is 32.7. The van der Waals surface area contributed by atoms with E-state index in [0.29, 0.717) is 18.6 Å². The third-order valence-corrected chi connectivity index (χ3v) is 17.1. The van der Waals surface area contributed by atoms with Crippen molar-refractivity contribution in [3.05, 3.63) is 53.9 Å². The Balaban J connectivity index is 2.11. The van der Waals surface area contributed by atoms with Crippen molar-refractivity contribution in [1.82, 2.24) is 9.97 Å². The third kappa shape index (κ3) is 10.8. The van der Waals surface area contributed by atoms with Gasteiger partial charge >= 0.3 is 5.97 Å². The van der Waals surface area contributed by atoms with Gasteiger partial charge in [-0.3, -0.25) is 0 Å². The number of nitrogens with zero attached hydrogens (tertiary/aromatic N) is 1. The normalized spacial score (nSPS) is 22.9. The molecule has 1 aliphatic rings. The van der Waals surface area contributed by atoms with Crippen molar-refractivity contribution >= 4 is 32.4 Å². The van der Waals surface area contributed by atoms with E-state index in [-0.39, 0.29) is 16.6 Å². The molecule has 0 unspecified atom stereocenters. The van der Waals surface area contributed by atoms with Gasteiger partial charge in [-0.2, -0.15) is 0 Å². The number of imidazole rings is 1. The maximum atomic E-state index is 13.7. The van der Waals surface area contributed by atoms with Crippen molar-refractivity contribution in [3.8, 4) is 5.75 Å². The lowest BCUT2D eigenvalue weighted by Gasteiger charge is -2.55. The number of aliphatic carboxylic acids is 1. The van der Waals surface area contributed by atoms with Crippen LogP contribution in [0.15, 0.2) is 53.5 Å². The molecule has 12 nitrogen and oxygen atoms in total. The Bertz CT molecular complexity index is 1580. The summed E-state index contributed by atoms with van der Waals surface area (Å²) in [6.07, 6.45) is 2.00. The van der Waals surface area contributed by atoms with Gasteiger partial charge in [0.2, 0.25) is 20.8 Å². The summed E-state index contributed by atoms with van der Waals surface area (Å²) in [6.45, 7) is 22.6. The summed E-state index contributed by atoms with van der Waals surface area (Å²) in [5.41, 5.74) is 0.142. The van der Waals surface area contributed by atoms with Crippen LogP contribution in [-0.4, -0.2) is 96.3 Å². The van der Waals surface area contributed by atoms with Crippen molar-refractivity contribution in [1.29, 1.82) is 0 Å². The Morgan fingerprint density at radius 3 is 2.24 bits per heavy atom. The molecular weight excluding hydrogens is 709 g/mol. The highest BCUT2D eigenvalue weighted by atomic mass is 32.2. The minimum Gasteiger partial charge on any atom is -0.497 e. The average Bonchev–Trinajstić information content (AvgIpc) is 3.55. The number of methoxy groups -OCH3 is 2. The van der Waals surface area contributed by atoms with Gasteiger partial charge in [0.25, 0.3) is 0 Å². The first kappa shape index (κ1) is 43.0. The molecular formula is C36H60N2O10SSi2. The minimum absolute atomic E-state index is 0.114. The molecule has 2 N–H and O–H groups in total. The van der Waals surface area contributed by atoms with Gasteiger partial charge in [-0.05, 0) is 74.4 Å². The van der Waals surface area contributed by atoms with Crippen LogP contribution in [0.5, 0.6) is 5.75 Å². The smallest absolute Gasteiger partial charge is 0.328 e. The number of benzene rings is 1. The van der Waals surface area contributed by atoms with Crippen molar-refractivity contribution in [3.63, 3.8) is 0 Å². The zero-order valence-corrected chi connectivity index (χ0v) is 35.5. The van der Waals surface area contributed by atoms with E-state index in [4.69, 9.17) is 27.8 Å². The standard InChI is InChI=1S/C36H60N2O10SSi2/c1-25(45-23-26-14-16-28(43-7)17-15-26)30(47-51(12,13)34(2,3)4)22-29-20-27(21-31(39)40)32(48-50(9,10)11)36(44-8,46-29)35(5,6)24-49(41,42)33-37-18-19-38-33/h14-19,21,25,29-30,32H,20,22-24H2,1-13H3,(H,37,38)(H,39,40)/b27-21+/t25-,29+,30-,32+,36-/m1/s1. The van der Waals surface area contributed by atoms with Crippen molar-refractivity contribution < 1.29 is 46.1 Å².